The van der Waals surface area contributed by atoms with Gasteiger partial charge in [0.05, 0.1) is 25.4 Å². The molecular formula is C27H27ClF2N8O3. The molecule has 3 aromatic heterocycles. The van der Waals surface area contributed by atoms with Crippen LogP contribution in [-0.4, -0.2) is 72.4 Å². The molecule has 2 saturated heterocycles. The van der Waals surface area contributed by atoms with Gasteiger partial charge < -0.3 is 19.8 Å². The molecule has 1 aromatic carbocycles. The molecule has 2 fully saturated rings. The maximum absolute atomic E-state index is 14.5. The Balaban J connectivity index is 1.11. The summed E-state index contributed by atoms with van der Waals surface area (Å²) >= 11 is 5.83. The third kappa shape index (κ3) is 6.11. The van der Waals surface area contributed by atoms with Crippen LogP contribution in [0.5, 0.6) is 5.88 Å². The molecule has 6 rings (SSSR count). The number of aromatic nitrogens is 6. The summed E-state index contributed by atoms with van der Waals surface area (Å²) in [6.07, 6.45) is 3.18. The molecule has 2 aliphatic heterocycles. The Morgan fingerprint density at radius 2 is 1.93 bits per heavy atom. The molecule has 1 atom stereocenters. The number of carbonyl (C=O) groups excluding carboxylic acids is 1. The van der Waals surface area contributed by atoms with Crippen LogP contribution in [0.4, 0.5) is 8.78 Å². The molecule has 1 amide bonds. The zero-order valence-corrected chi connectivity index (χ0v) is 22.7. The number of benzene rings is 1. The van der Waals surface area contributed by atoms with E-state index in [1.54, 1.807) is 18.2 Å². The van der Waals surface area contributed by atoms with Crippen LogP contribution in [0.2, 0.25) is 5.02 Å². The number of primary amides is 1. The van der Waals surface area contributed by atoms with E-state index in [-0.39, 0.29) is 41.0 Å². The highest BCUT2D eigenvalue weighted by molar-refractivity contribution is 6.30. The van der Waals surface area contributed by atoms with Crippen molar-refractivity contribution in [1.29, 1.82) is 0 Å². The fraction of sp³-hybridized carbons (Fsp3) is 0.407. The van der Waals surface area contributed by atoms with Crippen LogP contribution in [0.15, 0.2) is 30.5 Å². The van der Waals surface area contributed by atoms with Crippen LogP contribution in [0.25, 0.3) is 11.2 Å². The Morgan fingerprint density at radius 3 is 2.63 bits per heavy atom. The summed E-state index contributed by atoms with van der Waals surface area (Å²) in [4.78, 5) is 26.8. The van der Waals surface area contributed by atoms with Crippen LogP contribution >= 0.6 is 11.6 Å². The Bertz CT molecular complexity index is 1590. The molecule has 4 aromatic rings. The fourth-order valence-electron chi connectivity index (χ4n) is 4.97. The third-order valence-corrected chi connectivity index (χ3v) is 7.54. The lowest BCUT2D eigenvalue weighted by molar-refractivity contribution is -0.0593. The van der Waals surface area contributed by atoms with Gasteiger partial charge in [-0.05, 0) is 37.0 Å². The number of ether oxygens (including phenoxy) is 2. The second-order valence-electron chi connectivity index (χ2n) is 10.2. The van der Waals surface area contributed by atoms with Gasteiger partial charge in [-0.25, -0.2) is 14.4 Å². The second kappa shape index (κ2) is 11.6. The lowest BCUT2D eigenvalue weighted by Crippen LogP contribution is -2.39. The van der Waals surface area contributed by atoms with Crippen LogP contribution in [0.1, 0.15) is 47.0 Å². The Hall–Kier alpha value is -3.81. The van der Waals surface area contributed by atoms with Crippen LogP contribution < -0.4 is 10.5 Å². The number of halogens is 3. The molecule has 0 spiro atoms. The van der Waals surface area contributed by atoms with Crippen LogP contribution in [-0.2, 0) is 24.2 Å². The standard InChI is InChI=1S/C27H27ClF2N8O3/c28-16-2-1-15(19(29)10-16)9-23-32-12-20(30)27(34-23)41-17-3-6-37(7-4-17)14-24-33-22-11-21(25(31)39)35-36-26(22)38(24)13-18-5-8-40-18/h1-2,10-12,17-18H,3-9,13-14H2,(H2,31,39). The summed E-state index contributed by atoms with van der Waals surface area (Å²) in [6.45, 7) is 3.22. The minimum Gasteiger partial charge on any atom is -0.472 e. The van der Waals surface area contributed by atoms with Gasteiger partial charge in [-0.1, -0.05) is 17.7 Å². The van der Waals surface area contributed by atoms with Crippen LogP contribution in [0, 0.1) is 11.6 Å². The van der Waals surface area contributed by atoms with E-state index < -0.39 is 17.5 Å². The van der Waals surface area contributed by atoms with Gasteiger partial charge in [0.25, 0.3) is 11.8 Å². The van der Waals surface area contributed by atoms with E-state index in [1.807, 2.05) is 4.57 Å². The van der Waals surface area contributed by atoms with Gasteiger partial charge >= 0.3 is 0 Å². The van der Waals surface area contributed by atoms with Gasteiger partial charge in [-0.2, -0.15) is 9.37 Å². The van der Waals surface area contributed by atoms with Gasteiger partial charge in [0.15, 0.2) is 11.3 Å². The molecule has 2 N–H and O–H groups in total. The first-order valence-corrected chi connectivity index (χ1v) is 13.7. The Labute approximate surface area is 238 Å². The topological polar surface area (TPSA) is 134 Å². The van der Waals surface area contributed by atoms with Crippen molar-refractivity contribution >= 4 is 28.7 Å². The molecular weight excluding hydrogens is 558 g/mol. The van der Waals surface area contributed by atoms with E-state index in [2.05, 4.69) is 25.1 Å². The monoisotopic (exact) mass is 584 g/mol. The number of likely N-dealkylation sites (tertiary alicyclic amines) is 1. The Kier molecular flexibility index (Phi) is 7.73. The summed E-state index contributed by atoms with van der Waals surface area (Å²) in [5.41, 5.74) is 6.92. The van der Waals surface area contributed by atoms with Crippen molar-refractivity contribution in [3.8, 4) is 5.88 Å². The lowest BCUT2D eigenvalue weighted by Gasteiger charge is -2.32. The number of hydrogen-bond donors (Lipinski definition) is 1. The molecule has 2 aliphatic rings. The van der Waals surface area contributed by atoms with Crippen molar-refractivity contribution in [2.75, 3.05) is 19.7 Å². The first-order chi connectivity index (χ1) is 19.8. The number of rotatable bonds is 9. The molecule has 0 bridgehead atoms. The average molecular weight is 585 g/mol. The highest BCUT2D eigenvalue weighted by Gasteiger charge is 2.27. The molecule has 11 nitrogen and oxygen atoms in total. The van der Waals surface area contributed by atoms with E-state index in [4.69, 9.17) is 31.8 Å². The molecule has 5 heterocycles. The van der Waals surface area contributed by atoms with Crippen molar-refractivity contribution in [3.63, 3.8) is 0 Å². The van der Waals surface area contributed by atoms with Gasteiger partial charge in [-0.3, -0.25) is 9.69 Å². The van der Waals surface area contributed by atoms with Gasteiger partial charge in [0.2, 0.25) is 5.82 Å². The average Bonchev–Trinajstić information content (AvgIpc) is 3.26. The van der Waals surface area contributed by atoms with E-state index >= 15 is 0 Å². The predicted molar refractivity (Wildman–Crippen MR) is 143 cm³/mol. The number of nitrogens with two attached hydrogens (primary N) is 1. The molecule has 0 radical (unpaired) electrons. The number of nitrogens with zero attached hydrogens (tertiary/aromatic N) is 7. The van der Waals surface area contributed by atoms with Crippen LogP contribution in [0.3, 0.4) is 0 Å². The number of amides is 1. The summed E-state index contributed by atoms with van der Waals surface area (Å²) in [7, 11) is 0. The van der Waals surface area contributed by atoms with Crippen molar-refractivity contribution in [2.24, 2.45) is 5.73 Å². The van der Waals surface area contributed by atoms with Crippen molar-refractivity contribution in [1.82, 2.24) is 34.6 Å². The predicted octanol–water partition coefficient (Wildman–Crippen LogP) is 3.07. The largest absolute Gasteiger partial charge is 0.472 e. The van der Waals surface area contributed by atoms with Crippen molar-refractivity contribution in [3.05, 3.63) is 70.0 Å². The quantitative estimate of drug-likeness (QED) is 0.315. The molecule has 214 valence electrons. The summed E-state index contributed by atoms with van der Waals surface area (Å²) in [5.74, 6) is -0.924. The van der Waals surface area contributed by atoms with E-state index in [0.29, 0.717) is 55.7 Å². The first-order valence-electron chi connectivity index (χ1n) is 13.3. The number of fused-ring (bicyclic) bond motifs is 1. The van der Waals surface area contributed by atoms with E-state index in [1.165, 1.54) is 6.07 Å². The molecule has 1 unspecified atom stereocenters. The SMILES string of the molecule is NC(=O)c1cc2nc(CN3CCC(Oc4nc(Cc5ccc(Cl)cc5F)ncc4F)CC3)n(CC3CCO3)c2nn1. The molecule has 0 aliphatic carbocycles. The third-order valence-electron chi connectivity index (χ3n) is 7.31. The van der Waals surface area contributed by atoms with Gasteiger partial charge in [-0.15, -0.1) is 10.2 Å². The number of imidazole rings is 1. The number of carbonyl (C=O) groups is 1. The van der Waals surface area contributed by atoms with E-state index in [0.717, 1.165) is 25.0 Å². The summed E-state index contributed by atoms with van der Waals surface area (Å²) < 4.78 is 42.3. The van der Waals surface area contributed by atoms with Gasteiger partial charge in [0, 0.05) is 37.2 Å². The minimum atomic E-state index is -0.670. The molecule has 0 saturated carbocycles. The maximum Gasteiger partial charge on any atom is 0.269 e. The summed E-state index contributed by atoms with van der Waals surface area (Å²) in [5, 5.41) is 8.46. The Morgan fingerprint density at radius 1 is 1.12 bits per heavy atom. The number of hydrogen-bond acceptors (Lipinski definition) is 9. The smallest absolute Gasteiger partial charge is 0.269 e. The van der Waals surface area contributed by atoms with Gasteiger partial charge in [0.1, 0.15) is 29.1 Å². The minimum absolute atomic E-state index is 0.0602. The highest BCUT2D eigenvalue weighted by Crippen LogP contribution is 2.25. The molecule has 14 heteroatoms. The van der Waals surface area contributed by atoms with Crippen molar-refractivity contribution < 1.29 is 23.0 Å². The highest BCUT2D eigenvalue weighted by atomic mass is 35.5. The summed E-state index contributed by atoms with van der Waals surface area (Å²) in [6, 6.07) is 5.90. The maximum atomic E-state index is 14.5. The fourth-order valence-corrected chi connectivity index (χ4v) is 5.13. The van der Waals surface area contributed by atoms with Crippen molar-refractivity contribution in [2.45, 2.75) is 51.0 Å². The normalized spacial score (nSPS) is 18.0. The van der Waals surface area contributed by atoms with E-state index in [9.17, 15) is 13.6 Å². The second-order valence-corrected chi connectivity index (χ2v) is 10.6. The number of piperidine rings is 1. The lowest BCUT2D eigenvalue weighted by atomic mass is 10.1. The zero-order valence-electron chi connectivity index (χ0n) is 22.0. The first kappa shape index (κ1) is 27.4. The zero-order chi connectivity index (χ0) is 28.5. The molecule has 41 heavy (non-hydrogen) atoms.